The number of amides is 1. The highest BCUT2D eigenvalue weighted by Crippen LogP contribution is 2.44. The van der Waals surface area contributed by atoms with Gasteiger partial charge >= 0.3 is 0 Å². The number of halogens is 2. The molecule has 0 saturated carbocycles. The predicted molar refractivity (Wildman–Crippen MR) is 168 cm³/mol. The van der Waals surface area contributed by atoms with Crippen LogP contribution in [0.3, 0.4) is 0 Å². The molecule has 4 aromatic rings. The Kier molecular flexibility index (Phi) is 8.15. The largest absolute Gasteiger partial charge is 0.497 e. The van der Waals surface area contributed by atoms with Crippen molar-refractivity contribution in [2.24, 2.45) is 12.5 Å². The Morgan fingerprint density at radius 2 is 1.74 bits per heavy atom. The lowest BCUT2D eigenvalue weighted by Gasteiger charge is -2.25. The lowest BCUT2D eigenvalue weighted by Crippen LogP contribution is -2.30. The lowest BCUT2D eigenvalue weighted by molar-refractivity contribution is 0.0777. The van der Waals surface area contributed by atoms with Crippen molar-refractivity contribution in [2.75, 3.05) is 24.9 Å². The molecule has 2 heterocycles. The number of sulfonamides is 1. The average molecular weight is 644 g/mol. The molecule has 0 spiro atoms. The Labute approximate surface area is 260 Å². The molecular formula is C31H32Cl2N4O5S. The highest BCUT2D eigenvalue weighted by atomic mass is 35.5. The Balaban J connectivity index is 1.47. The highest BCUT2D eigenvalue weighted by Gasteiger charge is 2.42. The number of carbonyl (C=O) groups is 1. The van der Waals surface area contributed by atoms with Crippen LogP contribution in [-0.4, -0.2) is 48.8 Å². The molecule has 1 unspecified atom stereocenters. The van der Waals surface area contributed by atoms with Crippen LogP contribution in [0, 0.1) is 12.3 Å². The van der Waals surface area contributed by atoms with Gasteiger partial charge < -0.3 is 9.64 Å². The molecule has 5 rings (SSSR count). The van der Waals surface area contributed by atoms with E-state index in [0.717, 1.165) is 11.3 Å². The first-order valence-electron chi connectivity index (χ1n) is 13.5. The summed E-state index contributed by atoms with van der Waals surface area (Å²) in [5.74, 6) is 0.372. The molecule has 3 aromatic carbocycles. The second-order valence-electron chi connectivity index (χ2n) is 11.3. The maximum atomic E-state index is 13.8. The van der Waals surface area contributed by atoms with Gasteiger partial charge in [0.2, 0.25) is 0 Å². The quantitative estimate of drug-likeness (QED) is 0.272. The van der Waals surface area contributed by atoms with Gasteiger partial charge in [-0.05, 0) is 54.3 Å². The van der Waals surface area contributed by atoms with Crippen molar-refractivity contribution in [3.8, 4) is 11.4 Å². The summed E-state index contributed by atoms with van der Waals surface area (Å²) in [6, 6.07) is 19.2. The van der Waals surface area contributed by atoms with Gasteiger partial charge in [-0.1, -0.05) is 67.4 Å². The fourth-order valence-electron chi connectivity index (χ4n) is 5.64. The van der Waals surface area contributed by atoms with E-state index in [1.807, 2.05) is 30.3 Å². The number of ether oxygens (including phenoxy) is 1. The molecule has 0 aliphatic carbocycles. The summed E-state index contributed by atoms with van der Waals surface area (Å²) in [7, 11) is -1.18. The molecule has 43 heavy (non-hydrogen) atoms. The van der Waals surface area contributed by atoms with Gasteiger partial charge in [0.1, 0.15) is 16.3 Å². The van der Waals surface area contributed by atoms with Crippen molar-refractivity contribution < 1.29 is 17.9 Å². The van der Waals surface area contributed by atoms with Crippen LogP contribution in [0.4, 0.5) is 5.69 Å². The third-order valence-corrected chi connectivity index (χ3v) is 10.3. The monoisotopic (exact) mass is 642 g/mol. The van der Waals surface area contributed by atoms with E-state index in [4.69, 9.17) is 27.9 Å². The van der Waals surface area contributed by atoms with Crippen molar-refractivity contribution in [3.63, 3.8) is 0 Å². The van der Waals surface area contributed by atoms with Gasteiger partial charge in [-0.3, -0.25) is 19.0 Å². The Hall–Kier alpha value is -3.73. The van der Waals surface area contributed by atoms with Gasteiger partial charge in [0, 0.05) is 31.6 Å². The van der Waals surface area contributed by atoms with Crippen LogP contribution in [-0.2, 0) is 17.1 Å². The maximum Gasteiger partial charge on any atom is 0.296 e. The number of methoxy groups -OCH3 is 1. The second kappa shape index (κ2) is 11.4. The number of likely N-dealkylation sites (tertiary alicyclic amines) is 1. The number of hydrogen-bond donors (Lipinski definition) is 1. The van der Waals surface area contributed by atoms with Crippen molar-refractivity contribution in [1.82, 2.24) is 14.3 Å². The fraction of sp³-hybridized carbons (Fsp3) is 0.290. The highest BCUT2D eigenvalue weighted by molar-refractivity contribution is 7.92. The number of nitrogens with one attached hydrogen (secondary N) is 1. The molecule has 12 heteroatoms. The fourth-order valence-corrected chi connectivity index (χ4v) is 7.58. The van der Waals surface area contributed by atoms with Crippen LogP contribution >= 0.6 is 23.2 Å². The first-order chi connectivity index (χ1) is 20.2. The topological polar surface area (TPSA) is 103 Å². The van der Waals surface area contributed by atoms with Crippen molar-refractivity contribution in [3.05, 3.63) is 104 Å². The third kappa shape index (κ3) is 5.67. The van der Waals surface area contributed by atoms with E-state index in [1.54, 1.807) is 54.9 Å². The van der Waals surface area contributed by atoms with Crippen LogP contribution < -0.4 is 15.0 Å². The number of anilines is 1. The molecule has 1 amide bonds. The minimum Gasteiger partial charge on any atom is -0.497 e. The zero-order valence-electron chi connectivity index (χ0n) is 24.4. The SMILES string of the molecule is COc1cccc(C2CN(C(=O)c3cc(Cl)c(Cl)c(S(=O)(=O)Nc4c(C)n(C)n(-c5ccccc5)c4=O)c3)CC2(C)C)c1. The molecule has 1 fully saturated rings. The van der Waals surface area contributed by atoms with Gasteiger partial charge in [-0.15, -0.1) is 0 Å². The summed E-state index contributed by atoms with van der Waals surface area (Å²) in [4.78, 5) is 28.4. The van der Waals surface area contributed by atoms with E-state index in [1.165, 1.54) is 16.8 Å². The van der Waals surface area contributed by atoms with Crippen molar-refractivity contribution in [2.45, 2.75) is 31.6 Å². The Morgan fingerprint density at radius 3 is 2.42 bits per heavy atom. The predicted octanol–water partition coefficient (Wildman–Crippen LogP) is 5.87. The van der Waals surface area contributed by atoms with Crippen molar-refractivity contribution >= 4 is 44.8 Å². The molecular weight excluding hydrogens is 611 g/mol. The van der Waals surface area contributed by atoms with Gasteiger partial charge in [0.15, 0.2) is 0 Å². The molecule has 1 aromatic heterocycles. The molecule has 0 bridgehead atoms. The Morgan fingerprint density at radius 1 is 1.05 bits per heavy atom. The summed E-state index contributed by atoms with van der Waals surface area (Å²) < 4.78 is 38.1. The standard InChI is InChI=1S/C31H32Cl2N4O5S/c1-19-28(30(39)37(35(19)4)22-11-7-6-8-12-22)34-43(40,41)26-16-21(15-25(32)27(26)33)29(38)36-17-24(31(2,3)18-36)20-10-9-13-23(14-20)42-5/h6-16,24,34H,17-18H2,1-5H3. The molecule has 1 saturated heterocycles. The minimum absolute atomic E-state index is 0.0204. The number of benzene rings is 3. The van der Waals surface area contributed by atoms with E-state index >= 15 is 0 Å². The Bertz CT molecular complexity index is 1880. The van der Waals surface area contributed by atoms with Gasteiger partial charge in [0.25, 0.3) is 21.5 Å². The van der Waals surface area contributed by atoms with Gasteiger partial charge in [0.05, 0.1) is 28.5 Å². The lowest BCUT2D eigenvalue weighted by atomic mass is 9.78. The van der Waals surface area contributed by atoms with E-state index in [2.05, 4.69) is 18.6 Å². The van der Waals surface area contributed by atoms with E-state index in [-0.39, 0.29) is 38.5 Å². The van der Waals surface area contributed by atoms with Crippen LogP contribution in [0.1, 0.15) is 41.4 Å². The molecule has 1 aliphatic rings. The zero-order chi connectivity index (χ0) is 31.3. The van der Waals surface area contributed by atoms with E-state index in [0.29, 0.717) is 24.5 Å². The smallest absolute Gasteiger partial charge is 0.296 e. The molecule has 1 aliphatic heterocycles. The number of rotatable bonds is 7. The van der Waals surface area contributed by atoms with Crippen LogP contribution in [0.25, 0.3) is 5.69 Å². The normalized spacial score (nSPS) is 16.3. The first-order valence-corrected chi connectivity index (χ1v) is 15.8. The number of nitrogens with zero attached hydrogens (tertiary/aromatic N) is 3. The molecule has 0 radical (unpaired) electrons. The number of carbonyl (C=O) groups excluding carboxylic acids is 1. The molecule has 1 N–H and O–H groups in total. The summed E-state index contributed by atoms with van der Waals surface area (Å²) in [6.45, 7) is 6.66. The third-order valence-electron chi connectivity index (χ3n) is 8.05. The summed E-state index contributed by atoms with van der Waals surface area (Å²) in [6.07, 6.45) is 0. The molecule has 226 valence electrons. The minimum atomic E-state index is -4.44. The number of para-hydroxylation sites is 1. The molecule has 1 atom stereocenters. The summed E-state index contributed by atoms with van der Waals surface area (Å²) in [5.41, 5.74) is 1.10. The summed E-state index contributed by atoms with van der Waals surface area (Å²) in [5, 5.41) is -0.346. The van der Waals surface area contributed by atoms with Crippen LogP contribution in [0.5, 0.6) is 5.75 Å². The number of hydrogen-bond acceptors (Lipinski definition) is 5. The van der Waals surface area contributed by atoms with E-state index in [9.17, 15) is 18.0 Å². The van der Waals surface area contributed by atoms with Crippen LogP contribution in [0.15, 0.2) is 76.4 Å². The maximum absolute atomic E-state index is 13.8. The van der Waals surface area contributed by atoms with Crippen molar-refractivity contribution in [1.29, 1.82) is 0 Å². The van der Waals surface area contributed by atoms with Crippen LogP contribution in [0.2, 0.25) is 10.0 Å². The average Bonchev–Trinajstić information content (AvgIpc) is 3.41. The van der Waals surface area contributed by atoms with Gasteiger partial charge in [-0.2, -0.15) is 0 Å². The first kappa shape index (κ1) is 30.7. The summed E-state index contributed by atoms with van der Waals surface area (Å²) >= 11 is 12.8. The zero-order valence-corrected chi connectivity index (χ0v) is 26.7. The number of aromatic nitrogens is 2. The second-order valence-corrected chi connectivity index (χ2v) is 13.8. The van der Waals surface area contributed by atoms with E-state index < -0.39 is 20.5 Å². The van der Waals surface area contributed by atoms with Gasteiger partial charge in [-0.25, -0.2) is 13.1 Å². The molecule has 9 nitrogen and oxygen atoms in total.